The maximum atomic E-state index is 4.17. The molecule has 80 valence electrons. The van der Waals surface area contributed by atoms with Crippen molar-refractivity contribution in [3.8, 4) is 0 Å². The molecule has 15 heavy (non-hydrogen) atoms. The van der Waals surface area contributed by atoms with Crippen molar-refractivity contribution in [1.29, 1.82) is 0 Å². The Labute approximate surface area is 91.6 Å². The summed E-state index contributed by atoms with van der Waals surface area (Å²) in [6.07, 6.45) is 0.973. The molecule has 0 spiro atoms. The quantitative estimate of drug-likeness (QED) is 0.801. The summed E-state index contributed by atoms with van der Waals surface area (Å²) in [5.41, 5.74) is 2.59. The van der Waals surface area contributed by atoms with Crippen molar-refractivity contribution in [3.05, 3.63) is 48.2 Å². The van der Waals surface area contributed by atoms with E-state index in [-0.39, 0.29) is 0 Å². The Morgan fingerprint density at radius 1 is 1.20 bits per heavy atom. The van der Waals surface area contributed by atoms with E-state index in [2.05, 4.69) is 47.1 Å². The zero-order valence-corrected chi connectivity index (χ0v) is 9.08. The van der Waals surface area contributed by atoms with Crippen LogP contribution in [0.4, 0.5) is 0 Å². The van der Waals surface area contributed by atoms with Gasteiger partial charge in [-0.05, 0) is 5.56 Å². The molecule has 1 aromatic rings. The van der Waals surface area contributed by atoms with E-state index in [1.807, 2.05) is 0 Å². The number of rotatable bonds is 3. The van der Waals surface area contributed by atoms with E-state index in [0.29, 0.717) is 0 Å². The summed E-state index contributed by atoms with van der Waals surface area (Å²) in [6, 6.07) is 10.5. The molecule has 1 fully saturated rings. The average molecular weight is 202 g/mol. The zero-order chi connectivity index (χ0) is 10.5. The molecule has 0 bridgehead atoms. The van der Waals surface area contributed by atoms with Gasteiger partial charge in [-0.2, -0.15) is 0 Å². The molecule has 0 aromatic heterocycles. The smallest absolute Gasteiger partial charge is 0.0300 e. The first-order chi connectivity index (χ1) is 7.36. The lowest BCUT2D eigenvalue weighted by Gasteiger charge is -2.31. The van der Waals surface area contributed by atoms with Gasteiger partial charge in [-0.1, -0.05) is 36.9 Å². The monoisotopic (exact) mass is 202 g/mol. The van der Waals surface area contributed by atoms with Crippen molar-refractivity contribution in [2.75, 3.05) is 26.2 Å². The number of allylic oxidation sites excluding steroid dienone is 1. The van der Waals surface area contributed by atoms with Crippen molar-refractivity contribution in [1.82, 2.24) is 10.2 Å². The number of hydrogen-bond donors (Lipinski definition) is 1. The van der Waals surface area contributed by atoms with E-state index >= 15 is 0 Å². The first-order valence-corrected chi connectivity index (χ1v) is 5.53. The number of benzene rings is 1. The van der Waals surface area contributed by atoms with E-state index in [1.165, 1.54) is 11.3 Å². The van der Waals surface area contributed by atoms with E-state index in [0.717, 1.165) is 32.6 Å². The van der Waals surface area contributed by atoms with Crippen molar-refractivity contribution in [2.24, 2.45) is 0 Å². The van der Waals surface area contributed by atoms with Gasteiger partial charge in [0, 0.05) is 38.3 Å². The molecule has 1 aliphatic heterocycles. The summed E-state index contributed by atoms with van der Waals surface area (Å²) in [5, 5.41) is 3.35. The largest absolute Gasteiger partial charge is 0.372 e. The second-order valence-corrected chi connectivity index (χ2v) is 3.97. The normalized spacial score (nSPS) is 16.4. The van der Waals surface area contributed by atoms with Crippen LogP contribution in [0.1, 0.15) is 5.56 Å². The van der Waals surface area contributed by atoms with Crippen LogP contribution in [0.25, 0.3) is 0 Å². The minimum atomic E-state index is 0.973. The minimum Gasteiger partial charge on any atom is -0.372 e. The summed E-state index contributed by atoms with van der Waals surface area (Å²) in [7, 11) is 0. The molecular weight excluding hydrogens is 184 g/mol. The van der Waals surface area contributed by atoms with Crippen LogP contribution in [-0.2, 0) is 6.42 Å². The van der Waals surface area contributed by atoms with Gasteiger partial charge in [0.05, 0.1) is 0 Å². The third-order valence-corrected chi connectivity index (χ3v) is 2.82. The molecule has 0 amide bonds. The Kier molecular flexibility index (Phi) is 3.41. The third-order valence-electron chi connectivity index (χ3n) is 2.82. The number of nitrogens with zero attached hydrogens (tertiary/aromatic N) is 1. The van der Waals surface area contributed by atoms with Crippen molar-refractivity contribution in [3.63, 3.8) is 0 Å². The van der Waals surface area contributed by atoms with Gasteiger partial charge in [0.25, 0.3) is 0 Å². The topological polar surface area (TPSA) is 15.3 Å². The van der Waals surface area contributed by atoms with Gasteiger partial charge in [0.2, 0.25) is 0 Å². The highest BCUT2D eigenvalue weighted by atomic mass is 15.2. The zero-order valence-electron chi connectivity index (χ0n) is 9.08. The molecule has 0 unspecified atom stereocenters. The molecule has 2 rings (SSSR count). The van der Waals surface area contributed by atoms with Crippen LogP contribution < -0.4 is 5.32 Å². The highest BCUT2D eigenvalue weighted by Gasteiger charge is 2.11. The van der Waals surface area contributed by atoms with Crippen molar-refractivity contribution < 1.29 is 0 Å². The second-order valence-electron chi connectivity index (χ2n) is 3.97. The van der Waals surface area contributed by atoms with E-state index in [4.69, 9.17) is 0 Å². The molecule has 1 heterocycles. The van der Waals surface area contributed by atoms with Crippen LogP contribution in [0.2, 0.25) is 0 Å². The summed E-state index contributed by atoms with van der Waals surface area (Å²) in [6.45, 7) is 8.50. The highest BCUT2D eigenvalue weighted by Crippen LogP contribution is 2.11. The molecule has 2 nitrogen and oxygen atoms in total. The van der Waals surface area contributed by atoms with Crippen LogP contribution >= 0.6 is 0 Å². The molecule has 0 atom stereocenters. The van der Waals surface area contributed by atoms with Crippen LogP contribution in [0.5, 0.6) is 0 Å². The number of piperazine rings is 1. The summed E-state index contributed by atoms with van der Waals surface area (Å²) in [5.74, 6) is 0. The van der Waals surface area contributed by atoms with Crippen LogP contribution in [0.3, 0.4) is 0 Å². The summed E-state index contributed by atoms with van der Waals surface area (Å²) >= 11 is 0. The molecule has 0 aliphatic carbocycles. The first kappa shape index (κ1) is 10.2. The fourth-order valence-corrected chi connectivity index (χ4v) is 1.92. The van der Waals surface area contributed by atoms with Gasteiger partial charge in [0.1, 0.15) is 0 Å². The fourth-order valence-electron chi connectivity index (χ4n) is 1.92. The molecule has 0 radical (unpaired) electrons. The molecule has 1 saturated heterocycles. The predicted octanol–water partition coefficient (Wildman–Crippen LogP) is 1.65. The van der Waals surface area contributed by atoms with Crippen LogP contribution in [0, 0.1) is 0 Å². The van der Waals surface area contributed by atoms with Crippen molar-refractivity contribution in [2.45, 2.75) is 6.42 Å². The average Bonchev–Trinajstić information content (AvgIpc) is 2.31. The van der Waals surface area contributed by atoms with Crippen LogP contribution in [-0.4, -0.2) is 31.1 Å². The third kappa shape index (κ3) is 2.83. The first-order valence-electron chi connectivity index (χ1n) is 5.53. The molecular formula is C13H18N2. The molecule has 1 aromatic carbocycles. The Morgan fingerprint density at radius 3 is 2.53 bits per heavy atom. The lowest BCUT2D eigenvalue weighted by Crippen LogP contribution is -2.42. The number of nitrogens with one attached hydrogen (secondary N) is 1. The maximum Gasteiger partial charge on any atom is 0.0300 e. The second kappa shape index (κ2) is 4.99. The molecule has 1 aliphatic rings. The minimum absolute atomic E-state index is 0.973. The standard InChI is InChI=1S/C13H18N2/c1-12(15-9-7-14-8-10-15)11-13-5-3-2-4-6-13/h2-6,14H,1,7-11H2. The van der Waals surface area contributed by atoms with E-state index in [1.54, 1.807) is 0 Å². The summed E-state index contributed by atoms with van der Waals surface area (Å²) in [4.78, 5) is 2.38. The van der Waals surface area contributed by atoms with Crippen molar-refractivity contribution >= 4 is 0 Å². The lowest BCUT2D eigenvalue weighted by atomic mass is 10.1. The van der Waals surface area contributed by atoms with Gasteiger partial charge in [-0.3, -0.25) is 0 Å². The Balaban J connectivity index is 1.91. The SMILES string of the molecule is C=C(Cc1ccccc1)N1CCNCC1. The number of hydrogen-bond acceptors (Lipinski definition) is 2. The molecule has 2 heteroatoms. The maximum absolute atomic E-state index is 4.17. The van der Waals surface area contributed by atoms with Gasteiger partial charge < -0.3 is 10.2 Å². The van der Waals surface area contributed by atoms with Gasteiger partial charge >= 0.3 is 0 Å². The Bertz CT molecular complexity index is 313. The van der Waals surface area contributed by atoms with Gasteiger partial charge in [-0.25, -0.2) is 0 Å². The highest BCUT2D eigenvalue weighted by molar-refractivity contribution is 5.20. The summed E-state index contributed by atoms with van der Waals surface area (Å²) < 4.78 is 0. The Hall–Kier alpha value is -1.28. The predicted molar refractivity (Wildman–Crippen MR) is 63.7 cm³/mol. The van der Waals surface area contributed by atoms with Gasteiger partial charge in [-0.15, -0.1) is 0 Å². The van der Waals surface area contributed by atoms with Gasteiger partial charge in [0.15, 0.2) is 0 Å². The van der Waals surface area contributed by atoms with Crippen LogP contribution in [0.15, 0.2) is 42.6 Å². The lowest BCUT2D eigenvalue weighted by molar-refractivity contribution is 0.295. The molecule has 0 saturated carbocycles. The van der Waals surface area contributed by atoms with E-state index < -0.39 is 0 Å². The molecule has 1 N–H and O–H groups in total. The fraction of sp³-hybridized carbons (Fsp3) is 0.385. The Morgan fingerprint density at radius 2 is 1.87 bits per heavy atom. The van der Waals surface area contributed by atoms with E-state index in [9.17, 15) is 0 Å².